The molecule has 0 spiro atoms. The second kappa shape index (κ2) is 6.31. The molecule has 1 amide bonds. The highest BCUT2D eigenvalue weighted by atomic mass is 16.2. The number of nitrogens with zero attached hydrogens (tertiary/aromatic N) is 2. The lowest BCUT2D eigenvalue weighted by Crippen LogP contribution is -2.34. The molecule has 0 bridgehead atoms. The minimum absolute atomic E-state index is 0.282. The summed E-state index contributed by atoms with van der Waals surface area (Å²) in [5, 5.41) is 1.31. The van der Waals surface area contributed by atoms with Crippen LogP contribution >= 0.6 is 0 Å². The summed E-state index contributed by atoms with van der Waals surface area (Å²) in [6, 6.07) is 8.58. The Bertz CT molecular complexity index is 619. The molecule has 2 aromatic rings. The Morgan fingerprint density at radius 2 is 2.10 bits per heavy atom. The molecule has 1 fully saturated rings. The molecule has 21 heavy (non-hydrogen) atoms. The van der Waals surface area contributed by atoms with E-state index in [1.807, 2.05) is 18.0 Å². The SMILES string of the molecule is CCC(=O)N1CCCN(Cc2cccc3[nH]ccc23)CC1. The summed E-state index contributed by atoms with van der Waals surface area (Å²) in [6.45, 7) is 6.69. The number of aromatic amines is 1. The van der Waals surface area contributed by atoms with Crippen LogP contribution in [-0.2, 0) is 11.3 Å². The highest BCUT2D eigenvalue weighted by Crippen LogP contribution is 2.19. The van der Waals surface area contributed by atoms with Crippen molar-refractivity contribution >= 4 is 16.8 Å². The Hall–Kier alpha value is -1.81. The monoisotopic (exact) mass is 285 g/mol. The van der Waals surface area contributed by atoms with E-state index in [-0.39, 0.29) is 5.91 Å². The standard InChI is InChI=1S/C17H23N3O/c1-2-17(21)20-10-4-9-19(11-12-20)13-14-5-3-6-16-15(14)7-8-18-16/h3,5-8,18H,2,4,9-13H2,1H3. The largest absolute Gasteiger partial charge is 0.361 e. The maximum absolute atomic E-state index is 11.8. The van der Waals surface area contributed by atoms with Gasteiger partial charge >= 0.3 is 0 Å². The van der Waals surface area contributed by atoms with E-state index in [4.69, 9.17) is 0 Å². The summed E-state index contributed by atoms with van der Waals surface area (Å²) in [6.07, 6.45) is 3.68. The molecule has 1 saturated heterocycles. The molecular weight excluding hydrogens is 262 g/mol. The Morgan fingerprint density at radius 1 is 1.19 bits per heavy atom. The van der Waals surface area contributed by atoms with Crippen molar-refractivity contribution in [3.05, 3.63) is 36.0 Å². The van der Waals surface area contributed by atoms with E-state index < -0.39 is 0 Å². The number of fused-ring (bicyclic) bond motifs is 1. The summed E-state index contributed by atoms with van der Waals surface area (Å²) < 4.78 is 0. The van der Waals surface area contributed by atoms with Crippen LogP contribution in [0.1, 0.15) is 25.3 Å². The molecule has 1 N–H and O–H groups in total. The van der Waals surface area contributed by atoms with Gasteiger partial charge in [0, 0.05) is 56.2 Å². The molecule has 0 atom stereocenters. The van der Waals surface area contributed by atoms with Crippen LogP contribution in [0.4, 0.5) is 0 Å². The summed E-state index contributed by atoms with van der Waals surface area (Å²) in [5.74, 6) is 0.282. The van der Waals surface area contributed by atoms with Gasteiger partial charge in [-0.15, -0.1) is 0 Å². The molecule has 1 aromatic heterocycles. The number of aromatic nitrogens is 1. The molecule has 4 heteroatoms. The summed E-state index contributed by atoms with van der Waals surface area (Å²) in [4.78, 5) is 19.6. The van der Waals surface area contributed by atoms with E-state index in [0.29, 0.717) is 6.42 Å². The van der Waals surface area contributed by atoms with E-state index >= 15 is 0 Å². The van der Waals surface area contributed by atoms with Crippen LogP contribution in [0.2, 0.25) is 0 Å². The van der Waals surface area contributed by atoms with Gasteiger partial charge in [-0.3, -0.25) is 9.69 Å². The van der Waals surface area contributed by atoms with Crippen molar-refractivity contribution in [1.82, 2.24) is 14.8 Å². The number of nitrogens with one attached hydrogen (secondary N) is 1. The first-order chi connectivity index (χ1) is 10.3. The van der Waals surface area contributed by atoms with Gasteiger partial charge in [0.2, 0.25) is 5.91 Å². The summed E-state index contributed by atoms with van der Waals surface area (Å²) in [7, 11) is 0. The van der Waals surface area contributed by atoms with Crippen LogP contribution in [0, 0.1) is 0 Å². The fourth-order valence-corrected chi connectivity index (χ4v) is 3.13. The Morgan fingerprint density at radius 3 is 2.95 bits per heavy atom. The van der Waals surface area contributed by atoms with Crippen molar-refractivity contribution in [3.63, 3.8) is 0 Å². The van der Waals surface area contributed by atoms with Crippen molar-refractivity contribution in [2.24, 2.45) is 0 Å². The van der Waals surface area contributed by atoms with Crippen LogP contribution in [0.25, 0.3) is 10.9 Å². The molecule has 1 aromatic carbocycles. The van der Waals surface area contributed by atoms with Crippen LogP contribution in [0.5, 0.6) is 0 Å². The van der Waals surface area contributed by atoms with Gasteiger partial charge in [-0.25, -0.2) is 0 Å². The van der Waals surface area contributed by atoms with E-state index in [0.717, 1.165) is 39.1 Å². The summed E-state index contributed by atoms with van der Waals surface area (Å²) in [5.41, 5.74) is 2.56. The van der Waals surface area contributed by atoms with E-state index in [9.17, 15) is 4.79 Å². The number of hydrogen-bond acceptors (Lipinski definition) is 2. The van der Waals surface area contributed by atoms with Gasteiger partial charge in [-0.1, -0.05) is 19.1 Å². The molecular formula is C17H23N3O. The van der Waals surface area contributed by atoms with Gasteiger partial charge in [0.15, 0.2) is 0 Å². The fraction of sp³-hybridized carbons (Fsp3) is 0.471. The predicted octanol–water partition coefficient (Wildman–Crippen LogP) is 2.61. The average molecular weight is 285 g/mol. The number of H-pyrrole nitrogens is 1. The molecule has 0 unspecified atom stereocenters. The Kier molecular flexibility index (Phi) is 4.25. The van der Waals surface area contributed by atoms with Gasteiger partial charge in [-0.2, -0.15) is 0 Å². The lowest BCUT2D eigenvalue weighted by molar-refractivity contribution is -0.130. The first-order valence-corrected chi connectivity index (χ1v) is 7.83. The zero-order chi connectivity index (χ0) is 14.7. The van der Waals surface area contributed by atoms with Crippen molar-refractivity contribution < 1.29 is 4.79 Å². The molecule has 1 aliphatic heterocycles. The number of benzene rings is 1. The average Bonchev–Trinajstić information content (AvgIpc) is 2.87. The zero-order valence-corrected chi connectivity index (χ0v) is 12.6. The lowest BCUT2D eigenvalue weighted by atomic mass is 10.1. The van der Waals surface area contributed by atoms with Crippen LogP contribution < -0.4 is 0 Å². The molecule has 0 aliphatic carbocycles. The topological polar surface area (TPSA) is 39.3 Å². The molecule has 0 saturated carbocycles. The zero-order valence-electron chi connectivity index (χ0n) is 12.6. The molecule has 112 valence electrons. The first-order valence-electron chi connectivity index (χ1n) is 7.83. The predicted molar refractivity (Wildman–Crippen MR) is 85.1 cm³/mol. The number of hydrogen-bond donors (Lipinski definition) is 1. The first kappa shape index (κ1) is 14.1. The van der Waals surface area contributed by atoms with Crippen LogP contribution in [-0.4, -0.2) is 46.9 Å². The van der Waals surface area contributed by atoms with Crippen LogP contribution in [0.3, 0.4) is 0 Å². The maximum atomic E-state index is 11.8. The second-order valence-electron chi connectivity index (χ2n) is 5.72. The Labute approximate surface area is 125 Å². The highest BCUT2D eigenvalue weighted by Gasteiger charge is 2.18. The third-order valence-electron chi connectivity index (χ3n) is 4.32. The van der Waals surface area contributed by atoms with Gasteiger partial charge < -0.3 is 9.88 Å². The van der Waals surface area contributed by atoms with E-state index in [1.54, 1.807) is 0 Å². The minimum Gasteiger partial charge on any atom is -0.361 e. The highest BCUT2D eigenvalue weighted by molar-refractivity contribution is 5.82. The van der Waals surface area contributed by atoms with Crippen molar-refractivity contribution in [2.75, 3.05) is 26.2 Å². The third kappa shape index (κ3) is 3.10. The maximum Gasteiger partial charge on any atom is 0.222 e. The van der Waals surface area contributed by atoms with Crippen molar-refractivity contribution in [2.45, 2.75) is 26.3 Å². The van der Waals surface area contributed by atoms with Gasteiger partial charge in [0.25, 0.3) is 0 Å². The van der Waals surface area contributed by atoms with Gasteiger partial charge in [0.05, 0.1) is 0 Å². The van der Waals surface area contributed by atoms with Crippen molar-refractivity contribution in [1.29, 1.82) is 0 Å². The molecule has 2 heterocycles. The van der Waals surface area contributed by atoms with Crippen molar-refractivity contribution in [3.8, 4) is 0 Å². The lowest BCUT2D eigenvalue weighted by Gasteiger charge is -2.22. The quantitative estimate of drug-likeness (QED) is 0.941. The number of carbonyl (C=O) groups excluding carboxylic acids is 1. The summed E-state index contributed by atoms with van der Waals surface area (Å²) >= 11 is 0. The van der Waals surface area contributed by atoms with Gasteiger partial charge in [-0.05, 0) is 24.1 Å². The number of amides is 1. The van der Waals surface area contributed by atoms with Gasteiger partial charge in [0.1, 0.15) is 0 Å². The second-order valence-corrected chi connectivity index (χ2v) is 5.72. The number of carbonyl (C=O) groups is 1. The number of rotatable bonds is 3. The molecule has 3 rings (SSSR count). The normalized spacial score (nSPS) is 17.1. The molecule has 1 aliphatic rings. The third-order valence-corrected chi connectivity index (χ3v) is 4.32. The fourth-order valence-electron chi connectivity index (χ4n) is 3.13. The Balaban J connectivity index is 1.68. The minimum atomic E-state index is 0.282. The van der Waals surface area contributed by atoms with E-state index in [2.05, 4.69) is 34.1 Å². The van der Waals surface area contributed by atoms with E-state index in [1.165, 1.54) is 16.5 Å². The molecule has 4 nitrogen and oxygen atoms in total. The molecule has 0 radical (unpaired) electrons. The smallest absolute Gasteiger partial charge is 0.222 e. The van der Waals surface area contributed by atoms with Crippen LogP contribution in [0.15, 0.2) is 30.5 Å².